The van der Waals surface area contributed by atoms with E-state index in [0.29, 0.717) is 0 Å². The molecule has 0 aliphatic carbocycles. The van der Waals surface area contributed by atoms with E-state index < -0.39 is 0 Å². The topological polar surface area (TPSA) is 21.3 Å². The molecule has 104 valence electrons. The fraction of sp³-hybridized carbons (Fsp3) is 0.294. The van der Waals surface area contributed by atoms with Gasteiger partial charge in [-0.05, 0) is 37.1 Å². The van der Waals surface area contributed by atoms with Crippen molar-refractivity contribution in [1.82, 2.24) is 5.32 Å². The fourth-order valence-electron chi connectivity index (χ4n) is 2.59. The van der Waals surface area contributed by atoms with Gasteiger partial charge in [0.2, 0.25) is 0 Å². The quantitative estimate of drug-likeness (QED) is 0.831. The minimum absolute atomic E-state index is 0.234. The van der Waals surface area contributed by atoms with Crippen molar-refractivity contribution in [2.45, 2.75) is 12.5 Å². The Morgan fingerprint density at radius 3 is 2.20 bits per heavy atom. The van der Waals surface area contributed by atoms with Crippen LogP contribution in [0.15, 0.2) is 48.5 Å². The molecule has 1 N–H and O–H groups in total. The second-order valence-corrected chi connectivity index (χ2v) is 5.90. The number of rotatable bonds is 5. The van der Waals surface area contributed by atoms with E-state index in [4.69, 9.17) is 4.74 Å². The summed E-state index contributed by atoms with van der Waals surface area (Å²) in [6.45, 7) is 1.02. The van der Waals surface area contributed by atoms with Gasteiger partial charge in [0.15, 0.2) is 0 Å². The summed E-state index contributed by atoms with van der Waals surface area (Å²) in [7, 11) is 0. The lowest BCUT2D eigenvalue weighted by atomic mass is 9.94. The minimum Gasteiger partial charge on any atom is -0.457 e. The van der Waals surface area contributed by atoms with Crippen LogP contribution in [0.3, 0.4) is 0 Å². The minimum atomic E-state index is 0.234. The Bertz CT molecular complexity index is 539. The summed E-state index contributed by atoms with van der Waals surface area (Å²) in [4.78, 5) is 0. The molecule has 1 aliphatic heterocycles. The second kappa shape index (κ2) is 6.33. The fourth-order valence-corrected chi connectivity index (χ4v) is 3.03. The Balaban J connectivity index is 1.87. The van der Waals surface area contributed by atoms with E-state index >= 15 is 0 Å². The van der Waals surface area contributed by atoms with Crippen LogP contribution in [0, 0.1) is 0 Å². The van der Waals surface area contributed by atoms with Crippen LogP contribution in [0.25, 0.3) is 0 Å². The first-order valence-electron chi connectivity index (χ1n) is 6.98. The van der Waals surface area contributed by atoms with E-state index in [1.54, 1.807) is 0 Å². The first kappa shape index (κ1) is 13.5. The monoisotopic (exact) mass is 285 g/mol. The highest BCUT2D eigenvalue weighted by Gasteiger charge is 2.25. The largest absolute Gasteiger partial charge is 0.457 e. The molecule has 1 heterocycles. The number of para-hydroxylation sites is 2. The van der Waals surface area contributed by atoms with Crippen LogP contribution in [-0.4, -0.2) is 18.6 Å². The third kappa shape index (κ3) is 2.69. The van der Waals surface area contributed by atoms with Gasteiger partial charge in [-0.1, -0.05) is 36.4 Å². The van der Waals surface area contributed by atoms with Gasteiger partial charge in [-0.2, -0.15) is 11.8 Å². The summed E-state index contributed by atoms with van der Waals surface area (Å²) in [5.74, 6) is 3.13. The molecular formula is C17H19NOS. The van der Waals surface area contributed by atoms with Crippen molar-refractivity contribution in [3.8, 4) is 11.5 Å². The second-order valence-electron chi connectivity index (χ2n) is 4.91. The van der Waals surface area contributed by atoms with Crippen LogP contribution in [0.5, 0.6) is 11.5 Å². The maximum Gasteiger partial charge on any atom is 0.132 e. The van der Waals surface area contributed by atoms with Crippen molar-refractivity contribution in [3.63, 3.8) is 0 Å². The van der Waals surface area contributed by atoms with Gasteiger partial charge in [0, 0.05) is 11.1 Å². The molecule has 0 aromatic heterocycles. The summed E-state index contributed by atoms with van der Waals surface area (Å²) < 4.78 is 5.99. The molecular weight excluding hydrogens is 266 g/mol. The Morgan fingerprint density at radius 1 is 1.00 bits per heavy atom. The zero-order valence-electron chi connectivity index (χ0n) is 11.6. The normalized spacial score (nSPS) is 13.4. The standard InChI is InChI=1S/C17H19NOS/c1-20-12-6-11-18-17-13-7-2-4-9-15(13)19-16-10-5-3-8-14(16)17/h2-5,7-10,17-18H,6,11-12H2,1H3. The molecule has 1 aliphatic rings. The first-order chi connectivity index (χ1) is 9.90. The zero-order chi connectivity index (χ0) is 13.8. The summed E-state index contributed by atoms with van der Waals surface area (Å²) in [5, 5.41) is 3.68. The number of hydrogen-bond donors (Lipinski definition) is 1. The van der Waals surface area contributed by atoms with Crippen LogP contribution in [0.1, 0.15) is 23.6 Å². The van der Waals surface area contributed by atoms with Gasteiger partial charge in [0.1, 0.15) is 11.5 Å². The molecule has 0 unspecified atom stereocenters. The summed E-state index contributed by atoms with van der Waals surface area (Å²) in [6.07, 6.45) is 3.34. The van der Waals surface area contributed by atoms with Crippen LogP contribution < -0.4 is 10.1 Å². The molecule has 2 aromatic carbocycles. The number of fused-ring (bicyclic) bond motifs is 2. The molecule has 0 atom stereocenters. The number of ether oxygens (including phenoxy) is 1. The van der Waals surface area contributed by atoms with Crippen molar-refractivity contribution in [2.24, 2.45) is 0 Å². The van der Waals surface area contributed by atoms with E-state index in [1.165, 1.54) is 23.3 Å². The summed E-state index contributed by atoms with van der Waals surface area (Å²) in [6, 6.07) is 16.8. The summed E-state index contributed by atoms with van der Waals surface area (Å²) >= 11 is 1.89. The highest BCUT2D eigenvalue weighted by molar-refractivity contribution is 7.98. The lowest BCUT2D eigenvalue weighted by molar-refractivity contribution is 0.428. The van der Waals surface area contributed by atoms with Crippen molar-refractivity contribution >= 4 is 11.8 Å². The Hall–Kier alpha value is -1.45. The maximum absolute atomic E-state index is 5.99. The molecule has 3 rings (SSSR count). The van der Waals surface area contributed by atoms with Gasteiger partial charge in [0.25, 0.3) is 0 Å². The molecule has 0 bridgehead atoms. The van der Waals surface area contributed by atoms with E-state index in [1.807, 2.05) is 36.0 Å². The third-order valence-corrected chi connectivity index (χ3v) is 4.25. The van der Waals surface area contributed by atoms with E-state index in [9.17, 15) is 0 Å². The first-order valence-corrected chi connectivity index (χ1v) is 8.37. The molecule has 0 amide bonds. The van der Waals surface area contributed by atoms with E-state index in [0.717, 1.165) is 18.0 Å². The highest BCUT2D eigenvalue weighted by atomic mass is 32.2. The SMILES string of the molecule is CSCCCNC1c2ccccc2Oc2ccccc21. The van der Waals surface area contributed by atoms with Crippen LogP contribution in [0.2, 0.25) is 0 Å². The molecule has 0 fully saturated rings. The number of benzene rings is 2. The van der Waals surface area contributed by atoms with Crippen molar-refractivity contribution in [1.29, 1.82) is 0 Å². The zero-order valence-corrected chi connectivity index (χ0v) is 12.5. The molecule has 3 heteroatoms. The number of nitrogens with one attached hydrogen (secondary N) is 1. The van der Waals surface area contributed by atoms with E-state index in [2.05, 4.69) is 35.8 Å². The number of thioether (sulfide) groups is 1. The molecule has 2 aromatic rings. The molecule has 0 saturated carbocycles. The lowest BCUT2D eigenvalue weighted by Crippen LogP contribution is -2.26. The average Bonchev–Trinajstić information content (AvgIpc) is 2.50. The van der Waals surface area contributed by atoms with Gasteiger partial charge >= 0.3 is 0 Å². The average molecular weight is 285 g/mol. The molecule has 2 nitrogen and oxygen atoms in total. The van der Waals surface area contributed by atoms with Crippen molar-refractivity contribution < 1.29 is 4.74 Å². The van der Waals surface area contributed by atoms with Crippen LogP contribution in [-0.2, 0) is 0 Å². The van der Waals surface area contributed by atoms with Crippen molar-refractivity contribution in [3.05, 3.63) is 59.7 Å². The Morgan fingerprint density at radius 2 is 1.60 bits per heavy atom. The van der Waals surface area contributed by atoms with Gasteiger partial charge in [0.05, 0.1) is 6.04 Å². The molecule has 0 radical (unpaired) electrons. The van der Waals surface area contributed by atoms with Crippen LogP contribution >= 0.6 is 11.8 Å². The number of hydrogen-bond acceptors (Lipinski definition) is 3. The smallest absolute Gasteiger partial charge is 0.132 e. The van der Waals surface area contributed by atoms with Gasteiger partial charge < -0.3 is 10.1 Å². The maximum atomic E-state index is 5.99. The highest BCUT2D eigenvalue weighted by Crippen LogP contribution is 2.42. The van der Waals surface area contributed by atoms with Gasteiger partial charge in [-0.15, -0.1) is 0 Å². The van der Waals surface area contributed by atoms with Crippen LogP contribution in [0.4, 0.5) is 0 Å². The molecule has 0 saturated heterocycles. The Kier molecular flexibility index (Phi) is 4.28. The van der Waals surface area contributed by atoms with Gasteiger partial charge in [-0.25, -0.2) is 0 Å². The van der Waals surface area contributed by atoms with Crippen molar-refractivity contribution in [2.75, 3.05) is 18.6 Å². The molecule has 20 heavy (non-hydrogen) atoms. The predicted molar refractivity (Wildman–Crippen MR) is 85.8 cm³/mol. The predicted octanol–water partition coefficient (Wildman–Crippen LogP) is 4.22. The Labute approximate surface area is 124 Å². The summed E-state index contributed by atoms with van der Waals surface area (Å²) in [5.41, 5.74) is 2.46. The van der Waals surface area contributed by atoms with E-state index in [-0.39, 0.29) is 6.04 Å². The lowest BCUT2D eigenvalue weighted by Gasteiger charge is -2.29. The third-order valence-electron chi connectivity index (χ3n) is 3.55. The van der Waals surface area contributed by atoms with Gasteiger partial charge in [-0.3, -0.25) is 0 Å². The molecule has 0 spiro atoms.